The highest BCUT2D eigenvalue weighted by Gasteiger charge is 1.99. The van der Waals surface area contributed by atoms with Crippen LogP contribution in [0.4, 0.5) is 0 Å². The monoisotopic (exact) mass is 323 g/mol. The molecule has 24 heavy (non-hydrogen) atoms. The number of carbonyl (C=O) groups excluding carboxylic acids is 1. The van der Waals surface area contributed by atoms with Gasteiger partial charge in [-0.25, -0.2) is 4.79 Å². The lowest BCUT2D eigenvalue weighted by atomic mass is 10.1. The van der Waals surface area contributed by atoms with E-state index in [0.717, 1.165) is 11.3 Å². The zero-order valence-electron chi connectivity index (χ0n) is 13.3. The number of benzene rings is 2. The Morgan fingerprint density at radius 2 is 1.71 bits per heavy atom. The lowest BCUT2D eigenvalue weighted by Crippen LogP contribution is -2.10. The van der Waals surface area contributed by atoms with Gasteiger partial charge in [0.2, 0.25) is 0 Å². The fourth-order valence-electron chi connectivity index (χ4n) is 1.85. The lowest BCUT2D eigenvalue weighted by Gasteiger charge is -2.07. The molecule has 0 unspecified atom stereocenters. The second-order valence-corrected chi connectivity index (χ2v) is 4.76. The number of ether oxygens (including phenoxy) is 3. The van der Waals surface area contributed by atoms with E-state index in [-0.39, 0.29) is 13.2 Å². The van der Waals surface area contributed by atoms with Gasteiger partial charge in [0, 0.05) is 6.08 Å². The zero-order valence-corrected chi connectivity index (χ0v) is 13.3. The van der Waals surface area contributed by atoms with Crippen LogP contribution in [0.2, 0.25) is 0 Å². The number of carbonyl (C=O) groups is 1. The fourth-order valence-corrected chi connectivity index (χ4v) is 1.85. The summed E-state index contributed by atoms with van der Waals surface area (Å²) in [7, 11) is 1.60. The molecule has 0 saturated heterocycles. The minimum atomic E-state index is -0.447. The SMILES string of the molecule is COc1ccc(OCCOC(=O)/C=C/c2ccc(C#N)cc2)cc1. The molecule has 0 aromatic heterocycles. The van der Waals surface area contributed by atoms with E-state index in [9.17, 15) is 4.79 Å². The van der Waals surface area contributed by atoms with Crippen LogP contribution in [-0.2, 0) is 9.53 Å². The van der Waals surface area contributed by atoms with Gasteiger partial charge in [-0.2, -0.15) is 5.26 Å². The second-order valence-electron chi connectivity index (χ2n) is 4.76. The predicted octanol–water partition coefficient (Wildman–Crippen LogP) is 3.20. The van der Waals surface area contributed by atoms with Gasteiger partial charge in [-0.1, -0.05) is 12.1 Å². The molecule has 0 atom stereocenters. The highest BCUT2D eigenvalue weighted by Crippen LogP contribution is 2.16. The summed E-state index contributed by atoms with van der Waals surface area (Å²) in [6, 6.07) is 16.1. The third-order valence-corrected chi connectivity index (χ3v) is 3.11. The van der Waals surface area contributed by atoms with Gasteiger partial charge < -0.3 is 14.2 Å². The molecule has 0 spiro atoms. The standard InChI is InChI=1S/C19H17NO4/c1-22-17-7-9-18(10-8-17)23-12-13-24-19(21)11-6-15-2-4-16(14-20)5-3-15/h2-11H,12-13H2,1H3/b11-6+. The highest BCUT2D eigenvalue weighted by molar-refractivity contribution is 5.87. The Morgan fingerprint density at radius 1 is 1.04 bits per heavy atom. The van der Waals surface area contributed by atoms with Gasteiger partial charge in [-0.3, -0.25) is 0 Å². The van der Waals surface area contributed by atoms with Crippen LogP contribution < -0.4 is 9.47 Å². The number of hydrogen-bond acceptors (Lipinski definition) is 5. The summed E-state index contributed by atoms with van der Waals surface area (Å²) in [4.78, 5) is 11.6. The van der Waals surface area contributed by atoms with Crippen LogP contribution in [0.15, 0.2) is 54.6 Å². The van der Waals surface area contributed by atoms with Crippen LogP contribution >= 0.6 is 0 Å². The molecule has 0 amide bonds. The van der Waals surface area contributed by atoms with Crippen LogP contribution in [-0.4, -0.2) is 26.3 Å². The van der Waals surface area contributed by atoms with E-state index in [4.69, 9.17) is 19.5 Å². The molecule has 0 aliphatic rings. The summed E-state index contributed by atoms with van der Waals surface area (Å²) in [5.74, 6) is 0.986. The number of rotatable bonds is 7. The Bertz CT molecular complexity index is 727. The first-order chi connectivity index (χ1) is 11.7. The Balaban J connectivity index is 1.70. The van der Waals surface area contributed by atoms with Crippen LogP contribution in [0.25, 0.3) is 6.08 Å². The van der Waals surface area contributed by atoms with Crippen molar-refractivity contribution in [1.82, 2.24) is 0 Å². The summed E-state index contributed by atoms with van der Waals surface area (Å²) in [6.07, 6.45) is 2.97. The molecule has 5 nitrogen and oxygen atoms in total. The third kappa shape index (κ3) is 5.50. The zero-order chi connectivity index (χ0) is 17.2. The van der Waals surface area contributed by atoms with Crippen molar-refractivity contribution in [3.8, 4) is 17.6 Å². The predicted molar refractivity (Wildman–Crippen MR) is 89.6 cm³/mol. The van der Waals surface area contributed by atoms with Gasteiger partial charge in [0.25, 0.3) is 0 Å². The molecular weight excluding hydrogens is 306 g/mol. The quantitative estimate of drug-likeness (QED) is 0.444. The van der Waals surface area contributed by atoms with Gasteiger partial charge in [-0.05, 0) is 48.0 Å². The fraction of sp³-hybridized carbons (Fsp3) is 0.158. The van der Waals surface area contributed by atoms with Crippen molar-refractivity contribution in [1.29, 1.82) is 5.26 Å². The van der Waals surface area contributed by atoms with Crippen molar-refractivity contribution in [3.05, 3.63) is 65.7 Å². The van der Waals surface area contributed by atoms with E-state index in [0.29, 0.717) is 11.3 Å². The number of nitrogens with zero attached hydrogens (tertiary/aromatic N) is 1. The van der Waals surface area contributed by atoms with E-state index < -0.39 is 5.97 Å². The first-order valence-corrected chi connectivity index (χ1v) is 7.33. The van der Waals surface area contributed by atoms with Gasteiger partial charge in [0.05, 0.1) is 18.7 Å². The van der Waals surface area contributed by atoms with Crippen molar-refractivity contribution in [3.63, 3.8) is 0 Å². The molecule has 0 saturated carbocycles. The average molecular weight is 323 g/mol. The van der Waals surface area contributed by atoms with Crippen LogP contribution in [0.3, 0.4) is 0 Å². The van der Waals surface area contributed by atoms with Gasteiger partial charge in [0.1, 0.15) is 24.7 Å². The summed E-state index contributed by atoms with van der Waals surface area (Å²) >= 11 is 0. The Kier molecular flexibility index (Phi) is 6.42. The van der Waals surface area contributed by atoms with Gasteiger partial charge in [-0.15, -0.1) is 0 Å². The van der Waals surface area contributed by atoms with Crippen LogP contribution in [0.1, 0.15) is 11.1 Å². The number of methoxy groups -OCH3 is 1. The largest absolute Gasteiger partial charge is 0.497 e. The molecule has 122 valence electrons. The van der Waals surface area contributed by atoms with E-state index in [1.807, 2.05) is 6.07 Å². The second kappa shape index (κ2) is 9.01. The van der Waals surface area contributed by atoms with Crippen molar-refractivity contribution >= 4 is 12.0 Å². The molecule has 2 aromatic carbocycles. The smallest absolute Gasteiger partial charge is 0.330 e. The molecule has 0 aliphatic heterocycles. The van der Waals surface area contributed by atoms with E-state index in [1.54, 1.807) is 61.7 Å². The molecule has 0 N–H and O–H groups in total. The summed E-state index contributed by atoms with van der Waals surface area (Å²) < 4.78 is 15.6. The summed E-state index contributed by atoms with van der Waals surface area (Å²) in [6.45, 7) is 0.422. The maximum atomic E-state index is 11.6. The summed E-state index contributed by atoms with van der Waals surface area (Å²) in [5.41, 5.74) is 1.39. The van der Waals surface area contributed by atoms with E-state index in [2.05, 4.69) is 0 Å². The third-order valence-electron chi connectivity index (χ3n) is 3.11. The van der Waals surface area contributed by atoms with Crippen LogP contribution in [0.5, 0.6) is 11.5 Å². The normalized spacial score (nSPS) is 10.2. The lowest BCUT2D eigenvalue weighted by molar-refractivity contribution is -0.138. The maximum Gasteiger partial charge on any atom is 0.330 e. The Hall–Kier alpha value is -3.26. The average Bonchev–Trinajstić information content (AvgIpc) is 2.64. The van der Waals surface area contributed by atoms with Crippen molar-refractivity contribution in [2.75, 3.05) is 20.3 Å². The van der Waals surface area contributed by atoms with Gasteiger partial charge >= 0.3 is 5.97 Å². The molecule has 0 bridgehead atoms. The molecule has 0 aliphatic carbocycles. The topological polar surface area (TPSA) is 68.6 Å². The maximum absolute atomic E-state index is 11.6. The van der Waals surface area contributed by atoms with E-state index in [1.165, 1.54) is 6.08 Å². The van der Waals surface area contributed by atoms with Crippen LogP contribution in [0, 0.1) is 11.3 Å². The Morgan fingerprint density at radius 3 is 2.33 bits per heavy atom. The number of esters is 1. The van der Waals surface area contributed by atoms with Gasteiger partial charge in [0.15, 0.2) is 0 Å². The summed E-state index contributed by atoms with van der Waals surface area (Å²) in [5, 5.41) is 8.72. The molecule has 2 rings (SSSR count). The molecule has 2 aromatic rings. The highest BCUT2D eigenvalue weighted by atomic mass is 16.6. The minimum absolute atomic E-state index is 0.155. The van der Waals surface area contributed by atoms with Crippen molar-refractivity contribution < 1.29 is 19.0 Å². The van der Waals surface area contributed by atoms with E-state index >= 15 is 0 Å². The molecular formula is C19H17NO4. The molecule has 5 heteroatoms. The van der Waals surface area contributed by atoms with Crippen molar-refractivity contribution in [2.24, 2.45) is 0 Å². The molecule has 0 radical (unpaired) electrons. The molecule has 0 heterocycles. The van der Waals surface area contributed by atoms with Crippen molar-refractivity contribution in [2.45, 2.75) is 0 Å². The Labute approximate surface area is 140 Å². The minimum Gasteiger partial charge on any atom is -0.497 e. The first-order valence-electron chi connectivity index (χ1n) is 7.33. The first kappa shape index (κ1) is 17.1. The number of hydrogen-bond donors (Lipinski definition) is 0. The number of nitriles is 1. The molecule has 0 fully saturated rings.